The zero-order valence-electron chi connectivity index (χ0n) is 10.7. The van der Waals surface area contributed by atoms with Crippen LogP contribution >= 0.6 is 12.2 Å². The Morgan fingerprint density at radius 2 is 1.89 bits per heavy atom. The minimum absolute atomic E-state index is 0.333. The quantitative estimate of drug-likeness (QED) is 0.849. The highest BCUT2D eigenvalue weighted by molar-refractivity contribution is 7.71. The van der Waals surface area contributed by atoms with E-state index < -0.39 is 0 Å². The van der Waals surface area contributed by atoms with Crippen molar-refractivity contribution in [3.05, 3.63) is 40.8 Å². The number of aromatic nitrogens is 2. The van der Waals surface area contributed by atoms with Crippen molar-refractivity contribution >= 4 is 12.2 Å². The molecule has 0 saturated carbocycles. The lowest BCUT2D eigenvalue weighted by Crippen LogP contribution is -1.98. The number of hydrogen-bond acceptors (Lipinski definition) is 3. The Kier molecular flexibility index (Phi) is 3.77. The number of nitrogens with one attached hydrogen (secondary N) is 1. The molecule has 18 heavy (non-hydrogen) atoms. The van der Waals surface area contributed by atoms with Crippen LogP contribution in [0.25, 0.3) is 11.3 Å². The number of rotatable bonds is 3. The molecule has 0 radical (unpaired) electrons. The van der Waals surface area contributed by atoms with Crippen LogP contribution in [0.5, 0.6) is 5.75 Å². The Morgan fingerprint density at radius 1 is 1.22 bits per heavy atom. The third-order valence-electron chi connectivity index (χ3n) is 2.85. The van der Waals surface area contributed by atoms with Crippen LogP contribution in [-0.4, -0.2) is 17.1 Å². The fourth-order valence-electron chi connectivity index (χ4n) is 1.94. The van der Waals surface area contributed by atoms with E-state index in [1.807, 2.05) is 24.3 Å². The summed E-state index contributed by atoms with van der Waals surface area (Å²) in [6.07, 6.45) is 1.65. The van der Waals surface area contributed by atoms with Crippen LogP contribution in [0.1, 0.15) is 25.3 Å². The molecule has 1 aromatic heterocycles. The third-order valence-corrected chi connectivity index (χ3v) is 3.17. The number of benzene rings is 1. The smallest absolute Gasteiger partial charge is 0.133 e. The predicted molar refractivity (Wildman–Crippen MR) is 75.5 cm³/mol. The average Bonchev–Trinajstić information content (AvgIpc) is 2.38. The van der Waals surface area contributed by atoms with E-state index in [1.165, 1.54) is 0 Å². The van der Waals surface area contributed by atoms with Crippen molar-refractivity contribution in [2.24, 2.45) is 0 Å². The zero-order chi connectivity index (χ0) is 13.1. The Labute approximate surface area is 112 Å². The first-order valence-electron chi connectivity index (χ1n) is 5.85. The maximum absolute atomic E-state index is 5.31. The van der Waals surface area contributed by atoms with E-state index in [-0.39, 0.29) is 0 Å². The van der Waals surface area contributed by atoms with Gasteiger partial charge >= 0.3 is 0 Å². The lowest BCUT2D eigenvalue weighted by molar-refractivity contribution is 0.415. The van der Waals surface area contributed by atoms with Crippen molar-refractivity contribution in [2.45, 2.75) is 19.8 Å². The van der Waals surface area contributed by atoms with Gasteiger partial charge in [-0.1, -0.05) is 26.1 Å². The molecule has 0 aliphatic rings. The van der Waals surface area contributed by atoms with Crippen LogP contribution in [0.4, 0.5) is 0 Å². The molecule has 2 aromatic rings. The number of ether oxygens (including phenoxy) is 1. The molecule has 0 fully saturated rings. The van der Waals surface area contributed by atoms with E-state index >= 15 is 0 Å². The Bertz CT molecular complexity index is 587. The van der Waals surface area contributed by atoms with E-state index in [9.17, 15) is 0 Å². The topological polar surface area (TPSA) is 37.9 Å². The largest absolute Gasteiger partial charge is 0.497 e. The van der Waals surface area contributed by atoms with Gasteiger partial charge < -0.3 is 9.72 Å². The minimum Gasteiger partial charge on any atom is -0.497 e. The Balaban J connectivity index is 2.56. The molecule has 0 aliphatic carbocycles. The summed E-state index contributed by atoms with van der Waals surface area (Å²) in [7, 11) is 1.66. The van der Waals surface area contributed by atoms with E-state index in [4.69, 9.17) is 17.0 Å². The van der Waals surface area contributed by atoms with Gasteiger partial charge in [-0.2, -0.15) is 0 Å². The highest BCUT2D eigenvalue weighted by atomic mass is 32.1. The summed E-state index contributed by atoms with van der Waals surface area (Å²) in [5.41, 5.74) is 3.21. The van der Waals surface area contributed by atoms with Gasteiger partial charge in [-0.25, -0.2) is 4.98 Å². The van der Waals surface area contributed by atoms with Gasteiger partial charge in [0, 0.05) is 5.56 Å². The van der Waals surface area contributed by atoms with Crippen LogP contribution in [0.2, 0.25) is 0 Å². The molecule has 94 valence electrons. The van der Waals surface area contributed by atoms with Gasteiger partial charge in [-0.15, -0.1) is 0 Å². The normalized spacial score (nSPS) is 10.7. The summed E-state index contributed by atoms with van der Waals surface area (Å²) in [4.78, 5) is 7.35. The van der Waals surface area contributed by atoms with Gasteiger partial charge in [0.25, 0.3) is 0 Å². The molecule has 0 saturated heterocycles. The lowest BCUT2D eigenvalue weighted by Gasteiger charge is -2.12. The second kappa shape index (κ2) is 5.31. The second-order valence-corrected chi connectivity index (χ2v) is 4.77. The van der Waals surface area contributed by atoms with Crippen LogP contribution in [-0.2, 0) is 0 Å². The standard InChI is InChI=1S/C14H16N2OS/c1-9(2)12-13(15-8-16-14(12)18)10-4-6-11(17-3)7-5-10/h4-9H,1-3H3,(H,15,16,18). The zero-order valence-corrected chi connectivity index (χ0v) is 11.5. The second-order valence-electron chi connectivity index (χ2n) is 4.38. The molecular weight excluding hydrogens is 244 g/mol. The van der Waals surface area contributed by atoms with Crippen molar-refractivity contribution in [3.8, 4) is 17.0 Å². The predicted octanol–water partition coefficient (Wildman–Crippen LogP) is 3.94. The molecule has 1 aromatic carbocycles. The van der Waals surface area contributed by atoms with E-state index in [2.05, 4.69) is 23.8 Å². The molecule has 0 spiro atoms. The van der Waals surface area contributed by atoms with Crippen molar-refractivity contribution in [2.75, 3.05) is 7.11 Å². The fraction of sp³-hybridized carbons (Fsp3) is 0.286. The fourth-order valence-corrected chi connectivity index (χ4v) is 2.33. The highest BCUT2D eigenvalue weighted by Crippen LogP contribution is 2.28. The molecular formula is C14H16N2OS. The molecule has 4 heteroatoms. The molecule has 0 unspecified atom stereocenters. The molecule has 2 rings (SSSR count). The van der Waals surface area contributed by atoms with Gasteiger partial charge in [0.2, 0.25) is 0 Å². The maximum atomic E-state index is 5.31. The van der Waals surface area contributed by atoms with E-state index in [1.54, 1.807) is 13.4 Å². The van der Waals surface area contributed by atoms with Gasteiger partial charge in [-0.3, -0.25) is 0 Å². The number of methoxy groups -OCH3 is 1. The first-order chi connectivity index (χ1) is 8.63. The summed E-state index contributed by atoms with van der Waals surface area (Å²) in [6, 6.07) is 7.92. The molecule has 0 atom stereocenters. The van der Waals surface area contributed by atoms with E-state index in [0.717, 1.165) is 22.6 Å². The Morgan fingerprint density at radius 3 is 2.44 bits per heavy atom. The van der Waals surface area contributed by atoms with Crippen LogP contribution < -0.4 is 4.74 Å². The Hall–Kier alpha value is -1.68. The van der Waals surface area contributed by atoms with E-state index in [0.29, 0.717) is 10.6 Å². The van der Waals surface area contributed by atoms with Crippen molar-refractivity contribution in [3.63, 3.8) is 0 Å². The third kappa shape index (κ3) is 2.43. The van der Waals surface area contributed by atoms with Crippen molar-refractivity contribution < 1.29 is 4.74 Å². The SMILES string of the molecule is COc1ccc(-c2[nH]cnc(=S)c2C(C)C)cc1. The highest BCUT2D eigenvalue weighted by Gasteiger charge is 2.11. The molecule has 1 heterocycles. The molecule has 0 bridgehead atoms. The van der Waals surface area contributed by atoms with Crippen LogP contribution in [0.15, 0.2) is 30.6 Å². The first-order valence-corrected chi connectivity index (χ1v) is 6.26. The number of aromatic amines is 1. The molecule has 1 N–H and O–H groups in total. The maximum Gasteiger partial charge on any atom is 0.133 e. The summed E-state index contributed by atoms with van der Waals surface area (Å²) >= 11 is 5.31. The van der Waals surface area contributed by atoms with Gasteiger partial charge in [0.05, 0.1) is 19.1 Å². The van der Waals surface area contributed by atoms with Crippen LogP contribution in [0.3, 0.4) is 0 Å². The van der Waals surface area contributed by atoms with Gasteiger partial charge in [-0.05, 0) is 35.7 Å². The summed E-state index contributed by atoms with van der Waals surface area (Å²) < 4.78 is 5.82. The monoisotopic (exact) mass is 260 g/mol. The molecule has 0 amide bonds. The number of hydrogen-bond donors (Lipinski definition) is 1. The minimum atomic E-state index is 0.333. The lowest BCUT2D eigenvalue weighted by atomic mass is 9.99. The van der Waals surface area contributed by atoms with Gasteiger partial charge in [0.15, 0.2) is 0 Å². The average molecular weight is 260 g/mol. The number of nitrogens with zero attached hydrogens (tertiary/aromatic N) is 1. The van der Waals surface area contributed by atoms with Crippen molar-refractivity contribution in [1.29, 1.82) is 0 Å². The summed E-state index contributed by atoms with van der Waals surface area (Å²) in [5.74, 6) is 1.18. The van der Waals surface area contributed by atoms with Crippen LogP contribution in [0, 0.1) is 4.64 Å². The molecule has 0 aliphatic heterocycles. The van der Waals surface area contributed by atoms with Gasteiger partial charge in [0.1, 0.15) is 10.4 Å². The molecule has 3 nitrogen and oxygen atoms in total. The first kappa shape index (κ1) is 12.8. The summed E-state index contributed by atoms with van der Waals surface area (Å²) in [5, 5.41) is 0. The van der Waals surface area contributed by atoms with Crippen molar-refractivity contribution in [1.82, 2.24) is 9.97 Å². The number of H-pyrrole nitrogens is 1. The summed E-state index contributed by atoms with van der Waals surface area (Å²) in [6.45, 7) is 4.24.